The van der Waals surface area contributed by atoms with Gasteiger partial charge in [0.25, 0.3) is 0 Å². The van der Waals surface area contributed by atoms with Crippen LogP contribution in [0.5, 0.6) is 5.75 Å². The van der Waals surface area contributed by atoms with E-state index in [9.17, 15) is 4.79 Å². The van der Waals surface area contributed by atoms with Gasteiger partial charge in [0.2, 0.25) is 0 Å². The van der Waals surface area contributed by atoms with Gasteiger partial charge in [-0.3, -0.25) is 4.79 Å². The molecule has 0 aromatic heterocycles. The van der Waals surface area contributed by atoms with E-state index < -0.39 is 0 Å². The van der Waals surface area contributed by atoms with Crippen molar-refractivity contribution >= 4 is 5.78 Å². The fourth-order valence-electron chi connectivity index (χ4n) is 2.96. The Labute approximate surface area is 128 Å². The van der Waals surface area contributed by atoms with E-state index >= 15 is 0 Å². The molecule has 0 saturated heterocycles. The van der Waals surface area contributed by atoms with Gasteiger partial charge in [0.1, 0.15) is 5.75 Å². The number of unbranched alkanes of at least 4 members (excludes halogenated alkanes) is 6. The Morgan fingerprint density at radius 2 is 1.76 bits per heavy atom. The maximum Gasteiger partial charge on any atom is 0.163 e. The number of ketones is 1. The predicted octanol–water partition coefficient (Wildman–Crippen LogP) is 5.34. The van der Waals surface area contributed by atoms with E-state index in [2.05, 4.69) is 13.0 Å². The van der Waals surface area contributed by atoms with Gasteiger partial charge in [-0.15, -0.1) is 0 Å². The van der Waals surface area contributed by atoms with Crippen molar-refractivity contribution in [1.82, 2.24) is 0 Å². The maximum atomic E-state index is 11.8. The van der Waals surface area contributed by atoms with E-state index in [-0.39, 0.29) is 5.78 Å². The number of hydrogen-bond acceptors (Lipinski definition) is 2. The molecule has 2 nitrogen and oxygen atoms in total. The fourth-order valence-corrected chi connectivity index (χ4v) is 2.96. The molecular formula is C19H28O2. The van der Waals surface area contributed by atoms with Gasteiger partial charge in [0.05, 0.1) is 6.61 Å². The van der Waals surface area contributed by atoms with Crippen molar-refractivity contribution in [1.29, 1.82) is 0 Å². The summed E-state index contributed by atoms with van der Waals surface area (Å²) in [6, 6.07) is 5.95. The zero-order chi connectivity index (χ0) is 14.9. The first-order valence-electron chi connectivity index (χ1n) is 8.60. The molecule has 2 heteroatoms. The van der Waals surface area contributed by atoms with Gasteiger partial charge >= 0.3 is 0 Å². The molecule has 0 aliphatic heterocycles. The number of benzene rings is 1. The van der Waals surface area contributed by atoms with E-state index in [0.717, 1.165) is 37.2 Å². The number of ether oxygens (including phenoxy) is 1. The Balaban J connectivity index is 1.66. The largest absolute Gasteiger partial charge is 0.494 e. The molecule has 1 aliphatic carbocycles. The quantitative estimate of drug-likeness (QED) is 0.574. The first-order chi connectivity index (χ1) is 10.3. The smallest absolute Gasteiger partial charge is 0.163 e. The molecule has 0 spiro atoms. The van der Waals surface area contributed by atoms with Crippen molar-refractivity contribution in [2.24, 2.45) is 0 Å². The van der Waals surface area contributed by atoms with Crippen molar-refractivity contribution in [3.8, 4) is 5.75 Å². The van der Waals surface area contributed by atoms with Gasteiger partial charge in [0.15, 0.2) is 5.78 Å². The first kappa shape index (κ1) is 16.1. The molecule has 0 amide bonds. The predicted molar refractivity (Wildman–Crippen MR) is 87.2 cm³/mol. The van der Waals surface area contributed by atoms with Gasteiger partial charge in [-0.05, 0) is 43.0 Å². The first-order valence-corrected chi connectivity index (χ1v) is 8.60. The molecule has 1 aromatic carbocycles. The lowest BCUT2D eigenvalue weighted by Crippen LogP contribution is -2.10. The third-order valence-electron chi connectivity index (χ3n) is 4.24. The highest BCUT2D eigenvalue weighted by Crippen LogP contribution is 2.25. The molecule has 0 fully saturated rings. The van der Waals surface area contributed by atoms with Gasteiger partial charge < -0.3 is 4.74 Å². The van der Waals surface area contributed by atoms with Crippen molar-refractivity contribution in [3.05, 3.63) is 29.3 Å². The average molecular weight is 288 g/mol. The summed E-state index contributed by atoms with van der Waals surface area (Å²) < 4.78 is 5.82. The molecule has 0 radical (unpaired) electrons. The summed E-state index contributed by atoms with van der Waals surface area (Å²) in [5.41, 5.74) is 2.08. The second-order valence-corrected chi connectivity index (χ2v) is 6.07. The molecule has 0 unspecified atom stereocenters. The summed E-state index contributed by atoms with van der Waals surface area (Å²) >= 11 is 0. The molecule has 0 bridgehead atoms. The highest BCUT2D eigenvalue weighted by atomic mass is 16.5. The van der Waals surface area contributed by atoms with Crippen LogP contribution in [-0.2, 0) is 6.42 Å². The molecule has 0 N–H and O–H groups in total. The summed E-state index contributed by atoms with van der Waals surface area (Å²) in [5.74, 6) is 1.21. The van der Waals surface area contributed by atoms with Crippen molar-refractivity contribution in [2.75, 3.05) is 6.61 Å². The summed E-state index contributed by atoms with van der Waals surface area (Å²) in [6.45, 7) is 3.04. The monoisotopic (exact) mass is 288 g/mol. The average Bonchev–Trinajstić information content (AvgIpc) is 2.50. The van der Waals surface area contributed by atoms with Gasteiger partial charge in [0, 0.05) is 12.0 Å². The Morgan fingerprint density at radius 3 is 2.57 bits per heavy atom. The third-order valence-corrected chi connectivity index (χ3v) is 4.24. The Bertz CT molecular complexity index is 451. The standard InChI is InChI=1S/C19H28O2/c1-2-3-4-5-6-7-8-14-21-17-12-13-18-16(15-17)10-9-11-19(18)20/h12-13,15H,2-11,14H2,1H3. The van der Waals surface area contributed by atoms with Crippen LogP contribution in [-0.4, -0.2) is 12.4 Å². The number of aryl methyl sites for hydroxylation is 1. The van der Waals surface area contributed by atoms with Crippen LogP contribution in [0.15, 0.2) is 18.2 Å². The SMILES string of the molecule is CCCCCCCCCOc1ccc2c(c1)CCCC2=O. The van der Waals surface area contributed by atoms with Gasteiger partial charge in [-0.1, -0.05) is 45.4 Å². The summed E-state index contributed by atoms with van der Waals surface area (Å²) in [6.07, 6.45) is 11.8. The van der Waals surface area contributed by atoms with E-state index in [1.54, 1.807) is 0 Å². The highest BCUT2D eigenvalue weighted by molar-refractivity contribution is 5.98. The highest BCUT2D eigenvalue weighted by Gasteiger charge is 2.17. The lowest BCUT2D eigenvalue weighted by atomic mass is 9.90. The molecule has 116 valence electrons. The molecule has 2 rings (SSSR count). The van der Waals surface area contributed by atoms with Crippen LogP contribution >= 0.6 is 0 Å². The van der Waals surface area contributed by atoms with Gasteiger partial charge in [-0.25, -0.2) is 0 Å². The van der Waals surface area contributed by atoms with Gasteiger partial charge in [-0.2, -0.15) is 0 Å². The number of hydrogen-bond donors (Lipinski definition) is 0. The summed E-state index contributed by atoms with van der Waals surface area (Å²) in [5, 5.41) is 0. The molecule has 21 heavy (non-hydrogen) atoms. The van der Waals surface area contributed by atoms with Crippen LogP contribution in [0.3, 0.4) is 0 Å². The topological polar surface area (TPSA) is 26.3 Å². The van der Waals surface area contributed by atoms with Crippen LogP contribution in [0.2, 0.25) is 0 Å². The number of carbonyl (C=O) groups excluding carboxylic acids is 1. The minimum absolute atomic E-state index is 0.287. The lowest BCUT2D eigenvalue weighted by molar-refractivity contribution is 0.0972. The Kier molecular flexibility index (Phi) is 6.78. The van der Waals surface area contributed by atoms with E-state index in [1.165, 1.54) is 44.1 Å². The molecule has 0 atom stereocenters. The van der Waals surface area contributed by atoms with Crippen LogP contribution < -0.4 is 4.74 Å². The molecule has 1 aliphatic rings. The molecule has 1 aromatic rings. The Morgan fingerprint density at radius 1 is 1.00 bits per heavy atom. The zero-order valence-electron chi connectivity index (χ0n) is 13.3. The minimum Gasteiger partial charge on any atom is -0.494 e. The van der Waals surface area contributed by atoms with Crippen LogP contribution in [0.1, 0.15) is 80.6 Å². The number of carbonyl (C=O) groups is 1. The van der Waals surface area contributed by atoms with Crippen LogP contribution in [0.25, 0.3) is 0 Å². The van der Waals surface area contributed by atoms with E-state index in [1.807, 2.05) is 12.1 Å². The van der Waals surface area contributed by atoms with Crippen LogP contribution in [0, 0.1) is 0 Å². The van der Waals surface area contributed by atoms with E-state index in [0.29, 0.717) is 6.42 Å². The van der Waals surface area contributed by atoms with Crippen molar-refractivity contribution in [3.63, 3.8) is 0 Å². The third kappa shape index (κ3) is 5.18. The number of rotatable bonds is 9. The summed E-state index contributed by atoms with van der Waals surface area (Å²) in [7, 11) is 0. The number of fused-ring (bicyclic) bond motifs is 1. The van der Waals surface area contributed by atoms with Crippen LogP contribution in [0.4, 0.5) is 0 Å². The second kappa shape index (κ2) is 8.86. The maximum absolute atomic E-state index is 11.8. The second-order valence-electron chi connectivity index (χ2n) is 6.07. The zero-order valence-corrected chi connectivity index (χ0v) is 13.3. The molecule has 0 heterocycles. The molecular weight excluding hydrogens is 260 g/mol. The van der Waals surface area contributed by atoms with Crippen molar-refractivity contribution < 1.29 is 9.53 Å². The lowest BCUT2D eigenvalue weighted by Gasteiger charge is -2.16. The minimum atomic E-state index is 0.287. The number of Topliss-reactive ketones (excluding diaryl/α,β-unsaturated/α-hetero) is 1. The fraction of sp³-hybridized carbons (Fsp3) is 0.632. The molecule has 0 saturated carbocycles. The van der Waals surface area contributed by atoms with Crippen molar-refractivity contribution in [2.45, 2.75) is 71.1 Å². The van der Waals surface area contributed by atoms with E-state index in [4.69, 9.17) is 4.74 Å². The Hall–Kier alpha value is -1.31. The summed E-state index contributed by atoms with van der Waals surface area (Å²) in [4.78, 5) is 11.8. The normalized spacial score (nSPS) is 14.0.